The van der Waals surface area contributed by atoms with Gasteiger partial charge in [0.05, 0.1) is 11.9 Å². The molecule has 0 aliphatic rings. The molecule has 0 saturated heterocycles. The summed E-state index contributed by atoms with van der Waals surface area (Å²) in [5.74, 6) is 0.571. The molecule has 1 amide bonds. The van der Waals surface area contributed by atoms with E-state index < -0.39 is 0 Å². The third-order valence-corrected chi connectivity index (χ3v) is 3.70. The van der Waals surface area contributed by atoms with E-state index >= 15 is 0 Å². The Bertz CT molecular complexity index is 612. The molecular formula is C18H27ClN4O. The van der Waals surface area contributed by atoms with E-state index in [9.17, 15) is 4.79 Å². The molecule has 0 bridgehead atoms. The zero-order chi connectivity index (χ0) is 16.7. The van der Waals surface area contributed by atoms with Gasteiger partial charge in [-0.2, -0.15) is 5.10 Å². The summed E-state index contributed by atoms with van der Waals surface area (Å²) in [4.78, 5) is 12.1. The predicted molar refractivity (Wildman–Crippen MR) is 99.6 cm³/mol. The number of nitrogens with zero attached hydrogens (tertiary/aromatic N) is 2. The SMILES string of the molecule is CC(C)CC(CN)NC(=O)CCc1cnn(-c2ccccc2)c1.Cl. The quantitative estimate of drug-likeness (QED) is 0.768. The fourth-order valence-electron chi connectivity index (χ4n) is 2.55. The van der Waals surface area contributed by atoms with E-state index in [1.807, 2.05) is 47.4 Å². The Labute approximate surface area is 150 Å². The van der Waals surface area contributed by atoms with Crippen LogP contribution >= 0.6 is 12.4 Å². The Morgan fingerprint density at radius 3 is 2.62 bits per heavy atom. The van der Waals surface area contributed by atoms with Gasteiger partial charge in [0.25, 0.3) is 0 Å². The zero-order valence-corrected chi connectivity index (χ0v) is 15.1. The van der Waals surface area contributed by atoms with Gasteiger partial charge in [-0.15, -0.1) is 12.4 Å². The largest absolute Gasteiger partial charge is 0.352 e. The third kappa shape index (κ3) is 6.34. The second kappa shape index (κ2) is 10.1. The van der Waals surface area contributed by atoms with Crippen LogP contribution in [0.25, 0.3) is 5.69 Å². The van der Waals surface area contributed by atoms with Crippen LogP contribution in [0.1, 0.15) is 32.3 Å². The maximum absolute atomic E-state index is 12.1. The molecule has 2 aromatic rings. The average molecular weight is 351 g/mol. The lowest BCUT2D eigenvalue weighted by molar-refractivity contribution is -0.121. The van der Waals surface area contributed by atoms with Gasteiger partial charge in [0, 0.05) is 25.2 Å². The number of carbonyl (C=O) groups is 1. The van der Waals surface area contributed by atoms with Crippen molar-refractivity contribution < 1.29 is 4.79 Å². The summed E-state index contributed by atoms with van der Waals surface area (Å²) in [5, 5.41) is 7.36. The zero-order valence-electron chi connectivity index (χ0n) is 14.3. The fourth-order valence-corrected chi connectivity index (χ4v) is 2.55. The summed E-state index contributed by atoms with van der Waals surface area (Å²) >= 11 is 0. The van der Waals surface area contributed by atoms with Crippen molar-refractivity contribution in [2.45, 2.75) is 39.2 Å². The molecule has 3 N–H and O–H groups in total. The van der Waals surface area contributed by atoms with Gasteiger partial charge in [-0.05, 0) is 36.5 Å². The molecule has 1 aromatic heterocycles. The van der Waals surface area contributed by atoms with Gasteiger partial charge >= 0.3 is 0 Å². The van der Waals surface area contributed by atoms with Gasteiger partial charge in [-0.1, -0.05) is 32.0 Å². The fraction of sp³-hybridized carbons (Fsp3) is 0.444. The molecule has 0 aliphatic carbocycles. The maximum Gasteiger partial charge on any atom is 0.220 e. The summed E-state index contributed by atoms with van der Waals surface area (Å²) in [6.07, 6.45) is 5.83. The number of amides is 1. The smallest absolute Gasteiger partial charge is 0.220 e. The Morgan fingerprint density at radius 1 is 1.29 bits per heavy atom. The van der Waals surface area contributed by atoms with Crippen LogP contribution in [0.3, 0.4) is 0 Å². The van der Waals surface area contributed by atoms with Crippen LogP contribution in [-0.2, 0) is 11.2 Å². The van der Waals surface area contributed by atoms with Crippen LogP contribution in [0.5, 0.6) is 0 Å². The minimum atomic E-state index is 0. The first-order valence-electron chi connectivity index (χ1n) is 8.17. The van der Waals surface area contributed by atoms with E-state index in [1.54, 1.807) is 0 Å². The summed E-state index contributed by atoms with van der Waals surface area (Å²) in [6, 6.07) is 10.00. The summed E-state index contributed by atoms with van der Waals surface area (Å²) < 4.78 is 1.83. The van der Waals surface area contributed by atoms with Crippen molar-refractivity contribution in [2.75, 3.05) is 6.54 Å². The van der Waals surface area contributed by atoms with Crippen LogP contribution in [0.4, 0.5) is 0 Å². The second-order valence-corrected chi connectivity index (χ2v) is 6.26. The molecule has 1 unspecified atom stereocenters. The molecule has 0 fully saturated rings. The second-order valence-electron chi connectivity index (χ2n) is 6.26. The first-order chi connectivity index (χ1) is 11.1. The molecule has 1 atom stereocenters. The molecular weight excluding hydrogens is 324 g/mol. The van der Waals surface area contributed by atoms with Crippen molar-refractivity contribution in [3.63, 3.8) is 0 Å². The number of hydrogen-bond donors (Lipinski definition) is 2. The molecule has 2 rings (SSSR count). The molecule has 6 heteroatoms. The molecule has 132 valence electrons. The lowest BCUT2D eigenvalue weighted by atomic mass is 10.0. The number of benzene rings is 1. The van der Waals surface area contributed by atoms with Crippen LogP contribution in [0.2, 0.25) is 0 Å². The van der Waals surface area contributed by atoms with Crippen molar-refractivity contribution >= 4 is 18.3 Å². The third-order valence-electron chi connectivity index (χ3n) is 3.70. The summed E-state index contributed by atoms with van der Waals surface area (Å²) in [7, 11) is 0. The normalized spacial score (nSPS) is 11.8. The van der Waals surface area contributed by atoms with E-state index in [-0.39, 0.29) is 24.4 Å². The number of carbonyl (C=O) groups excluding carboxylic acids is 1. The number of aromatic nitrogens is 2. The average Bonchev–Trinajstić information content (AvgIpc) is 3.01. The number of nitrogens with two attached hydrogens (primary N) is 1. The minimum absolute atomic E-state index is 0. The number of aryl methyl sites for hydroxylation is 1. The first kappa shape index (κ1) is 20.2. The number of para-hydroxylation sites is 1. The summed E-state index contributed by atoms with van der Waals surface area (Å²) in [6.45, 7) is 4.75. The highest BCUT2D eigenvalue weighted by atomic mass is 35.5. The Kier molecular flexibility index (Phi) is 8.50. The van der Waals surface area contributed by atoms with E-state index in [0.717, 1.165) is 17.7 Å². The molecule has 24 heavy (non-hydrogen) atoms. The minimum Gasteiger partial charge on any atom is -0.352 e. The van der Waals surface area contributed by atoms with Crippen LogP contribution in [0.15, 0.2) is 42.7 Å². The summed E-state index contributed by atoms with van der Waals surface area (Å²) in [5.41, 5.74) is 7.79. The Balaban J connectivity index is 0.00000288. The van der Waals surface area contributed by atoms with E-state index in [2.05, 4.69) is 24.3 Å². The van der Waals surface area contributed by atoms with Crippen LogP contribution in [0, 0.1) is 5.92 Å². The standard InChI is InChI=1S/C18H26N4O.ClH/c1-14(2)10-16(11-19)21-18(23)9-8-15-12-20-22(13-15)17-6-4-3-5-7-17;/h3-7,12-14,16H,8-11,19H2,1-2H3,(H,21,23);1H. The van der Waals surface area contributed by atoms with Gasteiger partial charge in [0.2, 0.25) is 5.91 Å². The Hall–Kier alpha value is -1.85. The van der Waals surface area contributed by atoms with Crippen molar-refractivity contribution in [1.82, 2.24) is 15.1 Å². The lowest BCUT2D eigenvalue weighted by Crippen LogP contribution is -2.41. The number of rotatable bonds is 8. The lowest BCUT2D eigenvalue weighted by Gasteiger charge is -2.18. The maximum atomic E-state index is 12.1. The van der Waals surface area contributed by atoms with E-state index in [0.29, 0.717) is 25.3 Å². The molecule has 1 aromatic carbocycles. The van der Waals surface area contributed by atoms with Crippen molar-refractivity contribution in [1.29, 1.82) is 0 Å². The van der Waals surface area contributed by atoms with Gasteiger partial charge in [-0.25, -0.2) is 4.68 Å². The van der Waals surface area contributed by atoms with Gasteiger partial charge in [0.15, 0.2) is 0 Å². The van der Waals surface area contributed by atoms with Crippen LogP contribution in [-0.4, -0.2) is 28.3 Å². The first-order valence-corrected chi connectivity index (χ1v) is 8.17. The number of halogens is 1. The highest BCUT2D eigenvalue weighted by Gasteiger charge is 2.12. The van der Waals surface area contributed by atoms with Crippen molar-refractivity contribution in [3.05, 3.63) is 48.3 Å². The Morgan fingerprint density at radius 2 is 2.00 bits per heavy atom. The van der Waals surface area contributed by atoms with Crippen LogP contribution < -0.4 is 11.1 Å². The van der Waals surface area contributed by atoms with E-state index in [1.165, 1.54) is 0 Å². The predicted octanol–water partition coefficient (Wildman–Crippen LogP) is 2.72. The molecule has 0 saturated carbocycles. The van der Waals surface area contributed by atoms with Crippen molar-refractivity contribution in [3.8, 4) is 5.69 Å². The van der Waals surface area contributed by atoms with Gasteiger partial charge in [-0.3, -0.25) is 4.79 Å². The molecule has 0 radical (unpaired) electrons. The molecule has 0 spiro atoms. The highest BCUT2D eigenvalue weighted by molar-refractivity contribution is 5.85. The van der Waals surface area contributed by atoms with Crippen molar-refractivity contribution in [2.24, 2.45) is 11.7 Å². The monoisotopic (exact) mass is 350 g/mol. The highest BCUT2D eigenvalue weighted by Crippen LogP contribution is 2.09. The molecule has 0 aliphatic heterocycles. The van der Waals surface area contributed by atoms with E-state index in [4.69, 9.17) is 5.73 Å². The topological polar surface area (TPSA) is 72.9 Å². The number of nitrogens with one attached hydrogen (secondary N) is 1. The molecule has 5 nitrogen and oxygen atoms in total. The molecule has 1 heterocycles. The number of hydrogen-bond acceptors (Lipinski definition) is 3. The van der Waals surface area contributed by atoms with Gasteiger partial charge in [0.1, 0.15) is 0 Å². The van der Waals surface area contributed by atoms with Gasteiger partial charge < -0.3 is 11.1 Å².